The summed E-state index contributed by atoms with van der Waals surface area (Å²) in [6.45, 7) is 8.76. The van der Waals surface area contributed by atoms with E-state index >= 15 is 0 Å². The third kappa shape index (κ3) is 5.73. The van der Waals surface area contributed by atoms with E-state index in [2.05, 4.69) is 29.1 Å². The van der Waals surface area contributed by atoms with Gasteiger partial charge in [0.15, 0.2) is 11.6 Å². The van der Waals surface area contributed by atoms with Gasteiger partial charge >= 0.3 is 0 Å². The van der Waals surface area contributed by atoms with Gasteiger partial charge in [0.2, 0.25) is 11.8 Å². The summed E-state index contributed by atoms with van der Waals surface area (Å²) in [5.41, 5.74) is 0.821. The van der Waals surface area contributed by atoms with Gasteiger partial charge in [0.25, 0.3) is 0 Å². The van der Waals surface area contributed by atoms with Gasteiger partial charge in [0.1, 0.15) is 11.3 Å². The molecular weight excluding hydrogens is 447 g/mol. The molecule has 7 nitrogen and oxygen atoms in total. The number of hydrogen-bond donors (Lipinski definition) is 2. The molecule has 2 amide bonds. The average molecular weight is 485 g/mol. The standard InChI is InChI=1S/C27H37FN4O3/c1-15(2)18-13-19(18)27(35)30-22(14-24(34)32-11-6-5-8-17(32)4)23(33)12-16(3)26-29-21-10-7-9-20(28)25(21)31-26/h7,9-10,15-19,22H,5-6,8,11-14H2,1-4H3,(H,29,31)(H,30,35)/t16-,17+,18?,19?,22+/m1/s1. The van der Waals surface area contributed by atoms with Crippen molar-refractivity contribution in [2.45, 2.75) is 84.2 Å². The maximum Gasteiger partial charge on any atom is 0.225 e. The van der Waals surface area contributed by atoms with Crippen molar-refractivity contribution in [2.24, 2.45) is 17.8 Å². The summed E-state index contributed by atoms with van der Waals surface area (Å²) in [5.74, 6) is -0.0120. The number of benzene rings is 1. The summed E-state index contributed by atoms with van der Waals surface area (Å²) in [4.78, 5) is 48.8. The molecule has 1 aromatic heterocycles. The highest BCUT2D eigenvalue weighted by molar-refractivity contribution is 5.94. The number of nitrogens with zero attached hydrogens (tertiary/aromatic N) is 2. The summed E-state index contributed by atoms with van der Waals surface area (Å²) in [6, 6.07) is 3.97. The van der Waals surface area contributed by atoms with Crippen LogP contribution in [-0.4, -0.2) is 51.1 Å². The van der Waals surface area contributed by atoms with Crippen LogP contribution in [0.1, 0.15) is 78.0 Å². The van der Waals surface area contributed by atoms with Crippen LogP contribution in [0.5, 0.6) is 0 Å². The van der Waals surface area contributed by atoms with Crippen LogP contribution in [0.3, 0.4) is 0 Å². The van der Waals surface area contributed by atoms with Gasteiger partial charge in [-0.2, -0.15) is 0 Å². The number of amides is 2. The van der Waals surface area contributed by atoms with E-state index in [1.54, 1.807) is 12.1 Å². The molecule has 2 heterocycles. The molecule has 2 N–H and O–H groups in total. The second kappa shape index (κ2) is 10.5. The van der Waals surface area contributed by atoms with E-state index in [9.17, 15) is 18.8 Å². The zero-order chi connectivity index (χ0) is 25.3. The van der Waals surface area contributed by atoms with Gasteiger partial charge in [-0.1, -0.05) is 26.8 Å². The van der Waals surface area contributed by atoms with E-state index in [4.69, 9.17) is 0 Å². The Morgan fingerprint density at radius 2 is 1.97 bits per heavy atom. The number of para-hydroxylation sites is 1. The molecule has 0 spiro atoms. The number of carbonyl (C=O) groups is 3. The fourth-order valence-electron chi connectivity index (χ4n) is 5.33. The monoisotopic (exact) mass is 484 g/mol. The second-order valence-electron chi connectivity index (χ2n) is 10.8. The minimum absolute atomic E-state index is 0.0323. The lowest BCUT2D eigenvalue weighted by Gasteiger charge is -2.34. The van der Waals surface area contributed by atoms with E-state index < -0.39 is 11.9 Å². The maximum absolute atomic E-state index is 14.1. The molecule has 2 aromatic rings. The first kappa shape index (κ1) is 25.3. The average Bonchev–Trinajstić information content (AvgIpc) is 3.50. The summed E-state index contributed by atoms with van der Waals surface area (Å²) in [7, 11) is 0. The van der Waals surface area contributed by atoms with Crippen molar-refractivity contribution in [3.63, 3.8) is 0 Å². The zero-order valence-corrected chi connectivity index (χ0v) is 21.1. The quantitative estimate of drug-likeness (QED) is 0.554. The molecule has 2 unspecified atom stereocenters. The highest BCUT2D eigenvalue weighted by Crippen LogP contribution is 2.44. The minimum atomic E-state index is -0.874. The summed E-state index contributed by atoms with van der Waals surface area (Å²) < 4.78 is 14.1. The number of imidazole rings is 1. The highest BCUT2D eigenvalue weighted by Gasteiger charge is 2.45. The third-order valence-electron chi connectivity index (χ3n) is 7.70. The van der Waals surface area contributed by atoms with Crippen molar-refractivity contribution >= 4 is 28.6 Å². The number of Topliss-reactive ketones (excluding diaryl/α,β-unsaturated/α-hetero) is 1. The first-order valence-corrected chi connectivity index (χ1v) is 12.9. The number of rotatable bonds is 9. The van der Waals surface area contributed by atoms with E-state index in [1.807, 2.05) is 18.7 Å². The van der Waals surface area contributed by atoms with Crippen LogP contribution in [0.15, 0.2) is 18.2 Å². The molecule has 2 aliphatic rings. The number of halogens is 1. The van der Waals surface area contributed by atoms with Crippen LogP contribution in [0, 0.1) is 23.6 Å². The number of carbonyl (C=O) groups excluding carboxylic acids is 3. The number of hydrogen-bond acceptors (Lipinski definition) is 4. The van der Waals surface area contributed by atoms with E-state index in [0.29, 0.717) is 29.7 Å². The number of nitrogens with one attached hydrogen (secondary N) is 2. The lowest BCUT2D eigenvalue weighted by atomic mass is 9.96. The number of aromatic nitrogens is 2. The van der Waals surface area contributed by atoms with Crippen LogP contribution >= 0.6 is 0 Å². The zero-order valence-electron chi connectivity index (χ0n) is 21.1. The molecule has 0 bridgehead atoms. The molecular formula is C27H37FN4O3. The predicted octanol–water partition coefficient (Wildman–Crippen LogP) is 4.33. The summed E-state index contributed by atoms with van der Waals surface area (Å²) >= 11 is 0. The van der Waals surface area contributed by atoms with Crippen LogP contribution in [0.4, 0.5) is 4.39 Å². The van der Waals surface area contributed by atoms with Gasteiger partial charge in [-0.15, -0.1) is 0 Å². The topological polar surface area (TPSA) is 95.2 Å². The van der Waals surface area contributed by atoms with Gasteiger partial charge in [-0.05, 0) is 56.6 Å². The molecule has 1 saturated heterocycles. The SMILES string of the molecule is CC(C)C1CC1C(=O)N[C@@H](CC(=O)N1CCCC[C@@H]1C)C(=O)C[C@@H](C)c1nc2c(F)cccc2[nH]1. The first-order chi connectivity index (χ1) is 16.7. The van der Waals surface area contributed by atoms with Gasteiger partial charge in [0, 0.05) is 30.8 Å². The molecule has 35 heavy (non-hydrogen) atoms. The van der Waals surface area contributed by atoms with Crippen LogP contribution in [0.25, 0.3) is 11.0 Å². The van der Waals surface area contributed by atoms with Gasteiger partial charge in [-0.3, -0.25) is 14.4 Å². The molecule has 0 radical (unpaired) electrons. The van der Waals surface area contributed by atoms with Gasteiger partial charge in [0.05, 0.1) is 18.0 Å². The summed E-state index contributed by atoms with van der Waals surface area (Å²) in [5, 5.41) is 2.91. The molecule has 1 aromatic carbocycles. The van der Waals surface area contributed by atoms with E-state index in [0.717, 1.165) is 25.7 Å². The Bertz CT molecular complexity index is 1100. The van der Waals surface area contributed by atoms with Crippen molar-refractivity contribution in [1.82, 2.24) is 20.2 Å². The fourth-order valence-corrected chi connectivity index (χ4v) is 5.33. The predicted molar refractivity (Wildman–Crippen MR) is 132 cm³/mol. The molecule has 4 rings (SSSR count). The summed E-state index contributed by atoms with van der Waals surface area (Å²) in [6.07, 6.45) is 3.89. The number of fused-ring (bicyclic) bond motifs is 1. The van der Waals surface area contributed by atoms with Gasteiger partial charge < -0.3 is 15.2 Å². The highest BCUT2D eigenvalue weighted by atomic mass is 19.1. The first-order valence-electron chi connectivity index (χ1n) is 12.9. The maximum atomic E-state index is 14.1. The number of piperidine rings is 1. The van der Waals surface area contributed by atoms with Crippen molar-refractivity contribution in [2.75, 3.05) is 6.54 Å². The van der Waals surface area contributed by atoms with Crippen LogP contribution in [0.2, 0.25) is 0 Å². The Labute approximate surface area is 206 Å². The Morgan fingerprint density at radius 3 is 2.63 bits per heavy atom. The second-order valence-corrected chi connectivity index (χ2v) is 10.8. The lowest BCUT2D eigenvalue weighted by molar-refractivity contribution is -0.138. The fraction of sp³-hybridized carbons (Fsp3) is 0.630. The molecule has 1 aliphatic carbocycles. The van der Waals surface area contributed by atoms with E-state index in [-0.39, 0.29) is 53.8 Å². The van der Waals surface area contributed by atoms with Crippen molar-refractivity contribution < 1.29 is 18.8 Å². The van der Waals surface area contributed by atoms with Crippen molar-refractivity contribution in [3.05, 3.63) is 29.8 Å². The van der Waals surface area contributed by atoms with Crippen LogP contribution < -0.4 is 5.32 Å². The molecule has 1 saturated carbocycles. The lowest BCUT2D eigenvalue weighted by Crippen LogP contribution is -2.48. The molecule has 5 atom stereocenters. The normalized spacial score (nSPS) is 23.8. The largest absolute Gasteiger partial charge is 0.346 e. The molecule has 190 valence electrons. The Hall–Kier alpha value is -2.77. The third-order valence-corrected chi connectivity index (χ3v) is 7.70. The number of aromatic amines is 1. The van der Waals surface area contributed by atoms with Crippen molar-refractivity contribution in [3.8, 4) is 0 Å². The Morgan fingerprint density at radius 1 is 1.20 bits per heavy atom. The van der Waals surface area contributed by atoms with E-state index in [1.165, 1.54) is 6.07 Å². The van der Waals surface area contributed by atoms with Crippen LogP contribution in [-0.2, 0) is 14.4 Å². The molecule has 1 aliphatic heterocycles. The Kier molecular flexibility index (Phi) is 7.57. The van der Waals surface area contributed by atoms with Gasteiger partial charge in [-0.25, -0.2) is 9.37 Å². The number of likely N-dealkylation sites (tertiary alicyclic amines) is 1. The van der Waals surface area contributed by atoms with Crippen molar-refractivity contribution in [1.29, 1.82) is 0 Å². The number of ketones is 1. The Balaban J connectivity index is 1.47. The molecule has 8 heteroatoms. The number of H-pyrrole nitrogens is 1. The smallest absolute Gasteiger partial charge is 0.225 e. The molecule has 2 fully saturated rings. The minimum Gasteiger partial charge on any atom is -0.346 e.